The zero-order valence-electron chi connectivity index (χ0n) is 7.89. The van der Waals surface area contributed by atoms with Crippen LogP contribution in [0.4, 0.5) is 0 Å². The van der Waals surface area contributed by atoms with Gasteiger partial charge in [0.25, 0.3) is 0 Å². The molecule has 0 aliphatic heterocycles. The topological polar surface area (TPSA) is 13.1 Å². The number of rotatable bonds is 3. The van der Waals surface area contributed by atoms with Gasteiger partial charge >= 0.3 is 0 Å². The molecule has 1 aromatic carbocycles. The lowest BCUT2D eigenvalue weighted by molar-refractivity contribution is 0.523. The van der Waals surface area contributed by atoms with Gasteiger partial charge in [-0.05, 0) is 17.7 Å². The first-order valence-electron chi connectivity index (χ1n) is 4.69. The molecular formula is C13H12O. The van der Waals surface area contributed by atoms with Crippen LogP contribution in [0.5, 0.6) is 0 Å². The Morgan fingerprint density at radius 2 is 1.86 bits per heavy atom. The molecule has 2 aromatic rings. The number of hydrogen-bond acceptors (Lipinski definition) is 1. The predicted molar refractivity (Wildman–Crippen MR) is 57.9 cm³/mol. The maximum absolute atomic E-state index is 5.22. The van der Waals surface area contributed by atoms with Crippen molar-refractivity contribution in [2.24, 2.45) is 0 Å². The number of hydrogen-bond donors (Lipinski definition) is 0. The maximum Gasteiger partial charge on any atom is 0.107 e. The highest BCUT2D eigenvalue weighted by molar-refractivity contribution is 5.48. The summed E-state index contributed by atoms with van der Waals surface area (Å²) >= 11 is 0. The van der Waals surface area contributed by atoms with Gasteiger partial charge < -0.3 is 4.42 Å². The Morgan fingerprint density at radius 1 is 1.00 bits per heavy atom. The molecule has 0 saturated carbocycles. The molecule has 14 heavy (non-hydrogen) atoms. The third kappa shape index (κ3) is 2.36. The van der Waals surface area contributed by atoms with E-state index in [9.17, 15) is 0 Å². The second-order valence-electron chi connectivity index (χ2n) is 3.10. The quantitative estimate of drug-likeness (QED) is 0.711. The van der Waals surface area contributed by atoms with Crippen molar-refractivity contribution in [3.05, 3.63) is 66.1 Å². The lowest BCUT2D eigenvalue weighted by atomic mass is 10.2. The Kier molecular flexibility index (Phi) is 2.82. The van der Waals surface area contributed by atoms with E-state index in [4.69, 9.17) is 4.42 Å². The Bertz CT molecular complexity index is 384. The lowest BCUT2D eigenvalue weighted by Crippen LogP contribution is -1.74. The van der Waals surface area contributed by atoms with Crippen LogP contribution in [0.2, 0.25) is 0 Å². The van der Waals surface area contributed by atoms with E-state index in [1.54, 1.807) is 6.26 Å². The second-order valence-corrected chi connectivity index (χ2v) is 3.10. The van der Waals surface area contributed by atoms with E-state index in [1.165, 1.54) is 5.56 Å². The van der Waals surface area contributed by atoms with E-state index in [1.807, 2.05) is 30.3 Å². The van der Waals surface area contributed by atoms with Crippen LogP contribution < -0.4 is 0 Å². The summed E-state index contributed by atoms with van der Waals surface area (Å²) in [5, 5.41) is 0. The molecule has 1 aromatic heterocycles. The fourth-order valence-corrected chi connectivity index (χ4v) is 1.30. The van der Waals surface area contributed by atoms with Gasteiger partial charge in [-0.25, -0.2) is 0 Å². The van der Waals surface area contributed by atoms with Crippen LogP contribution in [0.3, 0.4) is 0 Å². The van der Waals surface area contributed by atoms with Gasteiger partial charge in [0.2, 0.25) is 0 Å². The summed E-state index contributed by atoms with van der Waals surface area (Å²) in [5.74, 6) is 0.997. The molecule has 0 bridgehead atoms. The van der Waals surface area contributed by atoms with E-state index in [2.05, 4.69) is 24.3 Å². The molecule has 0 amide bonds. The van der Waals surface area contributed by atoms with Crippen molar-refractivity contribution < 1.29 is 4.42 Å². The summed E-state index contributed by atoms with van der Waals surface area (Å²) in [7, 11) is 0. The molecule has 0 spiro atoms. The van der Waals surface area contributed by atoms with Gasteiger partial charge in [-0.3, -0.25) is 0 Å². The van der Waals surface area contributed by atoms with Gasteiger partial charge in [0.15, 0.2) is 0 Å². The van der Waals surface area contributed by atoms with Crippen LogP contribution in [0.25, 0.3) is 6.08 Å². The molecule has 0 fully saturated rings. The van der Waals surface area contributed by atoms with Gasteiger partial charge in [0.1, 0.15) is 5.76 Å². The molecule has 1 nitrogen and oxygen atoms in total. The van der Waals surface area contributed by atoms with Crippen molar-refractivity contribution in [1.29, 1.82) is 0 Å². The molecule has 0 radical (unpaired) electrons. The van der Waals surface area contributed by atoms with Crippen molar-refractivity contribution in [3.8, 4) is 0 Å². The molecule has 0 aliphatic carbocycles. The van der Waals surface area contributed by atoms with Gasteiger partial charge in [-0.15, -0.1) is 0 Å². The minimum atomic E-state index is 0.849. The molecule has 0 atom stereocenters. The standard InChI is InChI=1S/C13H12O/c1-2-6-12(7-3-1)8-4-9-13-10-5-11-14-13/h1-8,10-11H,9H2/b8-4+. The van der Waals surface area contributed by atoms with Crippen LogP contribution in [0.1, 0.15) is 11.3 Å². The summed E-state index contributed by atoms with van der Waals surface area (Å²) in [6.45, 7) is 0. The first-order valence-corrected chi connectivity index (χ1v) is 4.69. The largest absolute Gasteiger partial charge is 0.469 e. The molecule has 0 aliphatic rings. The number of allylic oxidation sites excluding steroid dienone is 1. The summed E-state index contributed by atoms with van der Waals surface area (Å²) < 4.78 is 5.22. The molecule has 70 valence electrons. The van der Waals surface area contributed by atoms with Gasteiger partial charge in [-0.2, -0.15) is 0 Å². The minimum absolute atomic E-state index is 0.849. The van der Waals surface area contributed by atoms with Crippen molar-refractivity contribution in [2.75, 3.05) is 0 Å². The average Bonchev–Trinajstić information content (AvgIpc) is 2.72. The molecule has 0 N–H and O–H groups in total. The molecule has 1 heterocycles. The molecule has 0 saturated heterocycles. The SMILES string of the molecule is C(=C\c1ccccc1)/Cc1ccco1. The number of benzene rings is 1. The zero-order valence-corrected chi connectivity index (χ0v) is 7.89. The summed E-state index contributed by atoms with van der Waals surface area (Å²) in [6.07, 6.45) is 6.75. The first-order chi connectivity index (χ1) is 6.95. The number of furan rings is 1. The Labute approximate surface area is 83.7 Å². The monoisotopic (exact) mass is 184 g/mol. The minimum Gasteiger partial charge on any atom is -0.469 e. The average molecular weight is 184 g/mol. The van der Waals surface area contributed by atoms with Gasteiger partial charge in [0, 0.05) is 6.42 Å². The van der Waals surface area contributed by atoms with E-state index < -0.39 is 0 Å². The third-order valence-corrected chi connectivity index (χ3v) is 2.01. The zero-order chi connectivity index (χ0) is 9.64. The summed E-state index contributed by atoms with van der Waals surface area (Å²) in [5.41, 5.74) is 1.22. The highest BCUT2D eigenvalue weighted by Crippen LogP contribution is 2.05. The van der Waals surface area contributed by atoms with E-state index >= 15 is 0 Å². The highest BCUT2D eigenvalue weighted by Gasteiger charge is 1.89. The second kappa shape index (κ2) is 4.47. The van der Waals surface area contributed by atoms with Crippen LogP contribution >= 0.6 is 0 Å². The fourth-order valence-electron chi connectivity index (χ4n) is 1.30. The van der Waals surface area contributed by atoms with Crippen LogP contribution in [-0.4, -0.2) is 0 Å². The summed E-state index contributed by atoms with van der Waals surface area (Å²) in [6, 6.07) is 14.1. The Morgan fingerprint density at radius 3 is 2.57 bits per heavy atom. The van der Waals surface area contributed by atoms with Crippen molar-refractivity contribution in [1.82, 2.24) is 0 Å². The van der Waals surface area contributed by atoms with Gasteiger partial charge in [0.05, 0.1) is 6.26 Å². The smallest absolute Gasteiger partial charge is 0.107 e. The molecule has 0 unspecified atom stereocenters. The van der Waals surface area contributed by atoms with Crippen molar-refractivity contribution in [3.63, 3.8) is 0 Å². The predicted octanol–water partition coefficient (Wildman–Crippen LogP) is 3.54. The fraction of sp³-hybridized carbons (Fsp3) is 0.0769. The van der Waals surface area contributed by atoms with Crippen LogP contribution in [-0.2, 0) is 6.42 Å². The van der Waals surface area contributed by atoms with E-state index in [0.717, 1.165) is 12.2 Å². The normalized spacial score (nSPS) is 10.9. The Balaban J connectivity index is 1.96. The lowest BCUT2D eigenvalue weighted by Gasteiger charge is -1.90. The molecular weight excluding hydrogens is 172 g/mol. The summed E-state index contributed by atoms with van der Waals surface area (Å²) in [4.78, 5) is 0. The third-order valence-electron chi connectivity index (χ3n) is 2.01. The highest BCUT2D eigenvalue weighted by atomic mass is 16.3. The van der Waals surface area contributed by atoms with Gasteiger partial charge in [-0.1, -0.05) is 42.5 Å². The van der Waals surface area contributed by atoms with Crippen LogP contribution in [0, 0.1) is 0 Å². The maximum atomic E-state index is 5.22. The first kappa shape index (κ1) is 8.82. The van der Waals surface area contributed by atoms with E-state index in [-0.39, 0.29) is 0 Å². The van der Waals surface area contributed by atoms with Crippen molar-refractivity contribution in [2.45, 2.75) is 6.42 Å². The molecule has 1 heteroatoms. The van der Waals surface area contributed by atoms with Crippen LogP contribution in [0.15, 0.2) is 59.2 Å². The Hall–Kier alpha value is -1.76. The molecule has 2 rings (SSSR count). The van der Waals surface area contributed by atoms with Crippen molar-refractivity contribution >= 4 is 6.08 Å². The van der Waals surface area contributed by atoms with E-state index in [0.29, 0.717) is 0 Å².